The molecule has 1 unspecified atom stereocenters. The fourth-order valence-electron chi connectivity index (χ4n) is 2.93. The highest BCUT2D eigenvalue weighted by atomic mass is 35.5. The molecule has 3 rings (SSSR count). The summed E-state index contributed by atoms with van der Waals surface area (Å²) >= 11 is 5.97. The van der Waals surface area contributed by atoms with Crippen molar-refractivity contribution >= 4 is 33.2 Å². The van der Waals surface area contributed by atoms with Crippen LogP contribution in [0.4, 0.5) is 5.69 Å². The molecule has 2 aromatic rings. The zero-order valence-corrected chi connectivity index (χ0v) is 15.3. The van der Waals surface area contributed by atoms with Crippen LogP contribution in [0.5, 0.6) is 0 Å². The first kappa shape index (κ1) is 18.4. The highest BCUT2D eigenvalue weighted by molar-refractivity contribution is 7.89. The number of hydrogen-bond acceptors (Lipinski definition) is 4. The quantitative estimate of drug-likeness (QED) is 0.870. The predicted molar refractivity (Wildman–Crippen MR) is 98.2 cm³/mol. The zero-order chi connectivity index (χ0) is 18.7. The number of nitriles is 1. The summed E-state index contributed by atoms with van der Waals surface area (Å²) in [6, 6.07) is 13.8. The molecule has 0 bridgehead atoms. The number of nitrogens with zero attached hydrogens (tertiary/aromatic N) is 2. The lowest BCUT2D eigenvalue weighted by molar-refractivity contribution is -0.119. The van der Waals surface area contributed by atoms with E-state index in [1.54, 1.807) is 24.3 Å². The molecule has 0 spiro atoms. The van der Waals surface area contributed by atoms with E-state index in [-0.39, 0.29) is 9.92 Å². The van der Waals surface area contributed by atoms with Gasteiger partial charge in [0.15, 0.2) is 0 Å². The fourth-order valence-corrected chi connectivity index (χ4v) is 4.83. The minimum absolute atomic E-state index is 0.168. The second kappa shape index (κ2) is 7.46. The van der Waals surface area contributed by atoms with Crippen LogP contribution in [-0.2, 0) is 14.8 Å². The van der Waals surface area contributed by atoms with Crippen molar-refractivity contribution in [3.05, 3.63) is 59.1 Å². The lowest BCUT2D eigenvalue weighted by Gasteiger charge is -2.23. The summed E-state index contributed by atoms with van der Waals surface area (Å²) in [7, 11) is -3.74. The van der Waals surface area contributed by atoms with Crippen LogP contribution < -0.4 is 5.32 Å². The number of anilines is 1. The average molecular weight is 390 g/mol. The minimum atomic E-state index is -3.74. The van der Waals surface area contributed by atoms with Gasteiger partial charge in [-0.05, 0) is 43.2 Å². The van der Waals surface area contributed by atoms with Crippen molar-refractivity contribution in [2.75, 3.05) is 11.9 Å². The van der Waals surface area contributed by atoms with Crippen molar-refractivity contribution in [3.8, 4) is 6.07 Å². The average Bonchev–Trinajstić information content (AvgIpc) is 3.13. The molecule has 1 aliphatic rings. The third-order valence-electron chi connectivity index (χ3n) is 4.21. The number of benzene rings is 2. The summed E-state index contributed by atoms with van der Waals surface area (Å²) in [5.74, 6) is -0.414. The molecule has 8 heteroatoms. The van der Waals surface area contributed by atoms with Crippen molar-refractivity contribution in [2.45, 2.75) is 23.8 Å². The van der Waals surface area contributed by atoms with Gasteiger partial charge in [-0.2, -0.15) is 9.57 Å². The van der Waals surface area contributed by atoms with Crippen LogP contribution in [0.1, 0.15) is 18.4 Å². The van der Waals surface area contributed by atoms with E-state index in [0.717, 1.165) is 0 Å². The van der Waals surface area contributed by atoms with Crippen molar-refractivity contribution in [1.82, 2.24) is 4.31 Å². The van der Waals surface area contributed by atoms with E-state index in [1.165, 1.54) is 28.6 Å². The number of rotatable bonds is 4. The summed E-state index contributed by atoms with van der Waals surface area (Å²) < 4.78 is 26.9. The van der Waals surface area contributed by atoms with E-state index >= 15 is 0 Å². The Morgan fingerprint density at radius 1 is 1.23 bits per heavy atom. The van der Waals surface area contributed by atoms with Crippen molar-refractivity contribution < 1.29 is 13.2 Å². The molecular formula is C18H16ClN3O3S. The number of carbonyl (C=O) groups is 1. The second-order valence-corrected chi connectivity index (χ2v) is 8.18. The zero-order valence-electron chi connectivity index (χ0n) is 13.7. The molecule has 134 valence electrons. The minimum Gasteiger partial charge on any atom is -0.325 e. The van der Waals surface area contributed by atoms with Gasteiger partial charge in [-0.25, -0.2) is 8.42 Å². The molecule has 0 radical (unpaired) electrons. The molecule has 2 aromatic carbocycles. The number of amides is 1. The number of nitrogens with one attached hydrogen (secondary N) is 1. The van der Waals surface area contributed by atoms with E-state index in [0.29, 0.717) is 30.6 Å². The molecule has 1 amide bonds. The molecular weight excluding hydrogens is 374 g/mol. The molecule has 1 heterocycles. The smallest absolute Gasteiger partial charge is 0.243 e. The van der Waals surface area contributed by atoms with Crippen molar-refractivity contribution in [1.29, 1.82) is 5.26 Å². The van der Waals surface area contributed by atoms with Crippen LogP contribution in [0.15, 0.2) is 53.4 Å². The second-order valence-electron chi connectivity index (χ2n) is 5.88. The topological polar surface area (TPSA) is 90.3 Å². The summed E-state index contributed by atoms with van der Waals surface area (Å²) in [5, 5.41) is 11.8. The Kier molecular flexibility index (Phi) is 5.28. The van der Waals surface area contributed by atoms with Crippen LogP contribution in [-0.4, -0.2) is 31.2 Å². The highest BCUT2D eigenvalue weighted by Crippen LogP contribution is 2.27. The van der Waals surface area contributed by atoms with Gasteiger partial charge in [0.1, 0.15) is 12.1 Å². The van der Waals surface area contributed by atoms with E-state index in [4.69, 9.17) is 16.9 Å². The third kappa shape index (κ3) is 3.58. The van der Waals surface area contributed by atoms with E-state index < -0.39 is 22.0 Å². The largest absolute Gasteiger partial charge is 0.325 e. The van der Waals surface area contributed by atoms with E-state index in [2.05, 4.69) is 5.32 Å². The van der Waals surface area contributed by atoms with Crippen LogP contribution in [0.2, 0.25) is 5.02 Å². The molecule has 1 aliphatic heterocycles. The van der Waals surface area contributed by atoms with Gasteiger partial charge in [-0.3, -0.25) is 4.79 Å². The summed E-state index contributed by atoms with van der Waals surface area (Å²) in [6.07, 6.45) is 1.06. The number of hydrogen-bond donors (Lipinski definition) is 1. The van der Waals surface area contributed by atoms with Gasteiger partial charge in [0.2, 0.25) is 15.9 Å². The van der Waals surface area contributed by atoms with Gasteiger partial charge in [-0.1, -0.05) is 29.8 Å². The van der Waals surface area contributed by atoms with Gasteiger partial charge in [0, 0.05) is 12.2 Å². The maximum Gasteiger partial charge on any atom is 0.243 e. The summed E-state index contributed by atoms with van der Waals surface area (Å²) in [5.41, 5.74) is 0.724. The number of sulfonamides is 1. The first-order chi connectivity index (χ1) is 12.4. The Morgan fingerprint density at radius 3 is 2.62 bits per heavy atom. The molecule has 0 saturated carbocycles. The van der Waals surface area contributed by atoms with Gasteiger partial charge in [0.25, 0.3) is 0 Å². The number of carbonyl (C=O) groups excluding carboxylic acids is 1. The fraction of sp³-hybridized carbons (Fsp3) is 0.222. The van der Waals surface area contributed by atoms with Crippen LogP contribution in [0.25, 0.3) is 0 Å². The first-order valence-electron chi connectivity index (χ1n) is 8.01. The third-order valence-corrected chi connectivity index (χ3v) is 6.45. The lowest BCUT2D eigenvalue weighted by atomic mass is 10.2. The van der Waals surface area contributed by atoms with Gasteiger partial charge in [0.05, 0.1) is 15.5 Å². The predicted octanol–water partition coefficient (Wildman–Crippen LogP) is 3.00. The Balaban J connectivity index is 1.81. The Hall–Kier alpha value is -2.40. The van der Waals surface area contributed by atoms with Crippen molar-refractivity contribution in [3.63, 3.8) is 0 Å². The monoisotopic (exact) mass is 389 g/mol. The van der Waals surface area contributed by atoms with Crippen molar-refractivity contribution in [2.24, 2.45) is 0 Å². The molecule has 26 heavy (non-hydrogen) atoms. The molecule has 1 atom stereocenters. The Labute approximate surface area is 157 Å². The SMILES string of the molecule is N#Cc1ccc(NC(=O)C2CCCN2S(=O)(=O)c2ccccc2)cc1Cl. The molecule has 6 nitrogen and oxygen atoms in total. The van der Waals surface area contributed by atoms with Gasteiger partial charge >= 0.3 is 0 Å². The standard InChI is InChI=1S/C18H16ClN3O3S/c19-16-11-14(9-8-13(16)12-20)21-18(23)17-7-4-10-22(17)26(24,25)15-5-2-1-3-6-15/h1-3,5-6,8-9,11,17H,4,7,10H2,(H,21,23). The lowest BCUT2D eigenvalue weighted by Crippen LogP contribution is -2.43. The van der Waals surface area contributed by atoms with Crippen LogP contribution in [0.3, 0.4) is 0 Å². The normalized spacial score (nSPS) is 17.6. The van der Waals surface area contributed by atoms with Gasteiger partial charge in [-0.15, -0.1) is 0 Å². The maximum absolute atomic E-state index is 12.8. The number of halogens is 1. The Morgan fingerprint density at radius 2 is 1.96 bits per heavy atom. The first-order valence-corrected chi connectivity index (χ1v) is 9.82. The molecule has 1 N–H and O–H groups in total. The van der Waals surface area contributed by atoms with Crippen LogP contribution >= 0.6 is 11.6 Å². The summed E-state index contributed by atoms with van der Waals surface area (Å²) in [4.78, 5) is 12.8. The van der Waals surface area contributed by atoms with E-state index in [1.807, 2.05) is 6.07 Å². The molecule has 0 aliphatic carbocycles. The maximum atomic E-state index is 12.8. The van der Waals surface area contributed by atoms with E-state index in [9.17, 15) is 13.2 Å². The highest BCUT2D eigenvalue weighted by Gasteiger charge is 2.39. The van der Waals surface area contributed by atoms with Gasteiger partial charge < -0.3 is 5.32 Å². The Bertz CT molecular complexity index is 971. The summed E-state index contributed by atoms with van der Waals surface area (Å²) in [6.45, 7) is 0.295. The molecule has 1 saturated heterocycles. The van der Waals surface area contributed by atoms with Crippen LogP contribution in [0, 0.1) is 11.3 Å². The molecule has 1 fully saturated rings. The molecule has 0 aromatic heterocycles.